The predicted octanol–water partition coefficient (Wildman–Crippen LogP) is 4.30. The third-order valence-corrected chi connectivity index (χ3v) is 3.44. The Morgan fingerprint density at radius 2 is 1.85 bits per heavy atom. The summed E-state index contributed by atoms with van der Waals surface area (Å²) in [6, 6.07) is 1.29. The molecule has 2 rings (SSSR count). The Morgan fingerprint density at radius 3 is 2.35 bits per heavy atom. The molecule has 1 saturated carbocycles. The minimum atomic E-state index is -4.52. The first kappa shape index (κ1) is 15.4. The summed E-state index contributed by atoms with van der Waals surface area (Å²) >= 11 is 11.2. The zero-order valence-electron chi connectivity index (χ0n) is 9.98. The van der Waals surface area contributed by atoms with Crippen molar-refractivity contribution in [3.8, 4) is 0 Å². The Hall–Kier alpha value is -1.01. The van der Waals surface area contributed by atoms with Crippen LogP contribution in [0.25, 0.3) is 0 Å². The van der Waals surface area contributed by atoms with Crippen molar-refractivity contribution in [1.82, 2.24) is 4.90 Å². The number of halogens is 6. The van der Waals surface area contributed by atoms with Crippen LogP contribution in [0, 0.1) is 5.82 Å². The maximum absolute atomic E-state index is 13.4. The molecule has 1 amide bonds. The van der Waals surface area contributed by atoms with Crippen molar-refractivity contribution in [2.75, 3.05) is 6.54 Å². The first-order valence-corrected chi connectivity index (χ1v) is 6.47. The molecular weight excluding hydrogens is 321 g/mol. The predicted molar refractivity (Wildman–Crippen MR) is 66.5 cm³/mol. The van der Waals surface area contributed by atoms with E-state index in [-0.39, 0.29) is 15.6 Å². The number of hydrogen-bond acceptors (Lipinski definition) is 1. The highest BCUT2D eigenvalue weighted by atomic mass is 35.5. The molecular formula is C12H9Cl2F4NO. The number of carbonyl (C=O) groups is 1. The van der Waals surface area contributed by atoms with Gasteiger partial charge in [-0.15, -0.1) is 0 Å². The van der Waals surface area contributed by atoms with Crippen molar-refractivity contribution < 1.29 is 22.4 Å². The normalized spacial score (nSPS) is 15.3. The average molecular weight is 330 g/mol. The lowest BCUT2D eigenvalue weighted by Crippen LogP contribution is -2.40. The quantitative estimate of drug-likeness (QED) is 0.598. The summed E-state index contributed by atoms with van der Waals surface area (Å²) in [5.41, 5.74) is -0.315. The van der Waals surface area contributed by atoms with Gasteiger partial charge in [0.1, 0.15) is 12.4 Å². The van der Waals surface area contributed by atoms with Crippen molar-refractivity contribution in [3.05, 3.63) is 33.6 Å². The van der Waals surface area contributed by atoms with Gasteiger partial charge in [0.05, 0.1) is 15.6 Å². The van der Waals surface area contributed by atoms with E-state index in [1.165, 1.54) is 0 Å². The number of amides is 1. The molecule has 110 valence electrons. The average Bonchev–Trinajstić information content (AvgIpc) is 3.13. The van der Waals surface area contributed by atoms with Crippen molar-refractivity contribution in [3.63, 3.8) is 0 Å². The fraction of sp³-hybridized carbons (Fsp3) is 0.417. The number of benzene rings is 1. The molecule has 20 heavy (non-hydrogen) atoms. The lowest BCUT2D eigenvalue weighted by molar-refractivity contribution is -0.141. The Bertz CT molecular complexity index is 543. The topological polar surface area (TPSA) is 20.3 Å². The molecule has 2 nitrogen and oxygen atoms in total. The monoisotopic (exact) mass is 329 g/mol. The lowest BCUT2D eigenvalue weighted by Gasteiger charge is -2.24. The molecule has 1 aromatic carbocycles. The summed E-state index contributed by atoms with van der Waals surface area (Å²) < 4.78 is 50.8. The van der Waals surface area contributed by atoms with Crippen LogP contribution in [0.4, 0.5) is 17.6 Å². The molecule has 1 fully saturated rings. The van der Waals surface area contributed by atoms with E-state index in [4.69, 9.17) is 23.2 Å². The van der Waals surface area contributed by atoms with Gasteiger partial charge in [-0.2, -0.15) is 13.2 Å². The highest BCUT2D eigenvalue weighted by Crippen LogP contribution is 2.33. The van der Waals surface area contributed by atoms with Gasteiger partial charge in [0, 0.05) is 6.04 Å². The largest absolute Gasteiger partial charge is 0.406 e. The van der Waals surface area contributed by atoms with E-state index in [0.29, 0.717) is 17.7 Å². The van der Waals surface area contributed by atoms with Gasteiger partial charge < -0.3 is 4.90 Å². The highest BCUT2D eigenvalue weighted by molar-refractivity contribution is 6.36. The second-order valence-corrected chi connectivity index (χ2v) is 5.34. The molecule has 0 saturated heterocycles. The number of nitrogens with zero attached hydrogens (tertiary/aromatic N) is 1. The van der Waals surface area contributed by atoms with Gasteiger partial charge >= 0.3 is 6.18 Å². The Kier molecular flexibility index (Phi) is 4.16. The van der Waals surface area contributed by atoms with Crippen LogP contribution in [0.1, 0.15) is 23.2 Å². The number of hydrogen-bond donors (Lipinski definition) is 0. The third kappa shape index (κ3) is 3.55. The van der Waals surface area contributed by atoms with E-state index in [0.717, 1.165) is 12.1 Å². The van der Waals surface area contributed by atoms with E-state index in [1.807, 2.05) is 0 Å². The van der Waals surface area contributed by atoms with Gasteiger partial charge in [-0.1, -0.05) is 23.2 Å². The molecule has 1 aliphatic rings. The summed E-state index contributed by atoms with van der Waals surface area (Å²) in [7, 11) is 0. The van der Waals surface area contributed by atoms with Crippen LogP contribution in [0.3, 0.4) is 0 Å². The van der Waals surface area contributed by atoms with E-state index in [2.05, 4.69) is 0 Å². The third-order valence-electron chi connectivity index (χ3n) is 2.84. The molecule has 0 aromatic heterocycles. The van der Waals surface area contributed by atoms with Crippen molar-refractivity contribution >= 4 is 29.1 Å². The molecule has 8 heteroatoms. The standard InChI is InChI=1S/C12H9Cl2F4NO/c13-8-4-9(14)10(15)3-7(8)11(20)19(6-1-2-6)5-12(16,17)18/h3-4,6H,1-2,5H2. The Labute approximate surface area is 122 Å². The molecule has 1 aliphatic carbocycles. The lowest BCUT2D eigenvalue weighted by atomic mass is 10.2. The smallest absolute Gasteiger partial charge is 0.327 e. The minimum absolute atomic E-state index is 0.172. The molecule has 0 aliphatic heterocycles. The number of carbonyl (C=O) groups excluding carboxylic acids is 1. The van der Waals surface area contributed by atoms with Crippen LogP contribution in [0.15, 0.2) is 12.1 Å². The van der Waals surface area contributed by atoms with E-state index < -0.39 is 30.5 Å². The first-order valence-electron chi connectivity index (χ1n) is 5.71. The summed E-state index contributed by atoms with van der Waals surface area (Å²) in [5.74, 6) is -1.84. The Morgan fingerprint density at radius 1 is 1.25 bits per heavy atom. The molecule has 0 radical (unpaired) electrons. The van der Waals surface area contributed by atoms with Crippen LogP contribution in [-0.2, 0) is 0 Å². The maximum Gasteiger partial charge on any atom is 0.406 e. The summed E-state index contributed by atoms with van der Waals surface area (Å²) in [4.78, 5) is 12.8. The van der Waals surface area contributed by atoms with Crippen molar-refractivity contribution in [1.29, 1.82) is 0 Å². The fourth-order valence-electron chi connectivity index (χ4n) is 1.79. The molecule has 0 spiro atoms. The second kappa shape index (κ2) is 5.41. The van der Waals surface area contributed by atoms with Crippen LogP contribution in [-0.4, -0.2) is 29.6 Å². The van der Waals surface area contributed by atoms with Crippen LogP contribution in [0.2, 0.25) is 10.0 Å². The van der Waals surface area contributed by atoms with Crippen LogP contribution in [0.5, 0.6) is 0 Å². The van der Waals surface area contributed by atoms with Gasteiger partial charge in [0.2, 0.25) is 0 Å². The highest BCUT2D eigenvalue weighted by Gasteiger charge is 2.41. The molecule has 0 bridgehead atoms. The zero-order chi connectivity index (χ0) is 15.1. The molecule has 0 atom stereocenters. The van der Waals surface area contributed by atoms with Gasteiger partial charge in [-0.05, 0) is 25.0 Å². The fourth-order valence-corrected chi connectivity index (χ4v) is 2.25. The number of alkyl halides is 3. The van der Waals surface area contributed by atoms with Gasteiger partial charge in [-0.3, -0.25) is 4.79 Å². The van der Waals surface area contributed by atoms with Crippen molar-refractivity contribution in [2.45, 2.75) is 25.1 Å². The molecule has 0 unspecified atom stereocenters. The van der Waals surface area contributed by atoms with Crippen LogP contribution >= 0.6 is 23.2 Å². The molecule has 0 N–H and O–H groups in total. The maximum atomic E-state index is 13.4. The first-order chi connectivity index (χ1) is 9.19. The summed E-state index contributed by atoms with van der Waals surface area (Å²) in [5, 5.41) is -0.463. The van der Waals surface area contributed by atoms with Gasteiger partial charge in [0.25, 0.3) is 5.91 Å². The molecule has 0 heterocycles. The summed E-state index contributed by atoms with van der Waals surface area (Å²) in [6.07, 6.45) is -3.53. The molecule has 1 aromatic rings. The van der Waals surface area contributed by atoms with E-state index in [1.54, 1.807) is 0 Å². The van der Waals surface area contributed by atoms with Gasteiger partial charge in [-0.25, -0.2) is 4.39 Å². The second-order valence-electron chi connectivity index (χ2n) is 4.53. The van der Waals surface area contributed by atoms with Gasteiger partial charge in [0.15, 0.2) is 0 Å². The SMILES string of the molecule is O=C(c1cc(F)c(Cl)cc1Cl)N(CC(F)(F)F)C1CC1. The summed E-state index contributed by atoms with van der Waals surface area (Å²) in [6.45, 7) is -1.38. The van der Waals surface area contributed by atoms with E-state index >= 15 is 0 Å². The van der Waals surface area contributed by atoms with E-state index in [9.17, 15) is 22.4 Å². The van der Waals surface area contributed by atoms with Crippen molar-refractivity contribution in [2.24, 2.45) is 0 Å². The minimum Gasteiger partial charge on any atom is -0.327 e. The zero-order valence-corrected chi connectivity index (χ0v) is 11.5. The van der Waals surface area contributed by atoms with Crippen LogP contribution < -0.4 is 0 Å². The Balaban J connectivity index is 2.30. The number of rotatable bonds is 3.